The van der Waals surface area contributed by atoms with Crippen molar-refractivity contribution in [3.05, 3.63) is 66.2 Å². The lowest BCUT2D eigenvalue weighted by atomic mass is 10.1. The Balaban J connectivity index is 1.99. The van der Waals surface area contributed by atoms with Crippen LogP contribution in [0.3, 0.4) is 0 Å². The van der Waals surface area contributed by atoms with Gasteiger partial charge in [-0.25, -0.2) is 0 Å². The van der Waals surface area contributed by atoms with Crippen LogP contribution < -0.4 is 10.6 Å². The van der Waals surface area contributed by atoms with E-state index < -0.39 is 0 Å². The lowest BCUT2D eigenvalue weighted by Gasteiger charge is -2.24. The zero-order valence-electron chi connectivity index (χ0n) is 10.6. The van der Waals surface area contributed by atoms with Gasteiger partial charge >= 0.3 is 0 Å². The Morgan fingerprint density at radius 1 is 0.778 bits per heavy atom. The first-order valence-corrected chi connectivity index (χ1v) is 6.44. The van der Waals surface area contributed by atoms with Gasteiger partial charge in [0.05, 0.1) is 0 Å². The SMILES string of the molecule is NCCN(CCc1ccccc1)c1ccccc1. The van der Waals surface area contributed by atoms with E-state index in [2.05, 4.69) is 59.5 Å². The van der Waals surface area contributed by atoms with Crippen molar-refractivity contribution < 1.29 is 0 Å². The van der Waals surface area contributed by atoms with Crippen LogP contribution in [0.2, 0.25) is 0 Å². The van der Waals surface area contributed by atoms with Crippen LogP contribution >= 0.6 is 0 Å². The average Bonchev–Trinajstić information content (AvgIpc) is 2.45. The predicted molar refractivity (Wildman–Crippen MR) is 77.9 cm³/mol. The number of hydrogen-bond acceptors (Lipinski definition) is 2. The molecule has 2 nitrogen and oxygen atoms in total. The summed E-state index contributed by atoms with van der Waals surface area (Å²) in [5, 5.41) is 0. The van der Waals surface area contributed by atoms with Crippen LogP contribution in [0.1, 0.15) is 5.56 Å². The molecular weight excluding hydrogens is 220 g/mol. The Bertz CT molecular complexity index is 439. The van der Waals surface area contributed by atoms with E-state index in [0.29, 0.717) is 6.54 Å². The highest BCUT2D eigenvalue weighted by atomic mass is 15.1. The van der Waals surface area contributed by atoms with E-state index in [0.717, 1.165) is 19.5 Å². The zero-order chi connectivity index (χ0) is 12.6. The number of rotatable bonds is 6. The molecule has 0 aliphatic rings. The molecule has 2 heteroatoms. The van der Waals surface area contributed by atoms with Crippen molar-refractivity contribution in [1.82, 2.24) is 0 Å². The minimum atomic E-state index is 0.684. The van der Waals surface area contributed by atoms with Gasteiger partial charge in [0, 0.05) is 25.3 Å². The second-order valence-electron chi connectivity index (χ2n) is 4.35. The molecule has 0 heterocycles. The van der Waals surface area contributed by atoms with Gasteiger partial charge in [-0.15, -0.1) is 0 Å². The summed E-state index contributed by atoms with van der Waals surface area (Å²) in [5.41, 5.74) is 8.31. The van der Waals surface area contributed by atoms with Crippen LogP contribution in [0, 0.1) is 0 Å². The van der Waals surface area contributed by atoms with Crippen molar-refractivity contribution in [2.24, 2.45) is 5.73 Å². The van der Waals surface area contributed by atoms with Crippen molar-refractivity contribution in [1.29, 1.82) is 0 Å². The van der Waals surface area contributed by atoms with E-state index in [1.54, 1.807) is 0 Å². The number of nitrogens with two attached hydrogens (primary N) is 1. The van der Waals surface area contributed by atoms with Gasteiger partial charge in [-0.2, -0.15) is 0 Å². The third kappa shape index (κ3) is 3.60. The fraction of sp³-hybridized carbons (Fsp3) is 0.250. The molecule has 2 rings (SSSR count). The van der Waals surface area contributed by atoms with E-state index in [9.17, 15) is 0 Å². The summed E-state index contributed by atoms with van der Waals surface area (Å²) in [6, 6.07) is 21.0. The summed E-state index contributed by atoms with van der Waals surface area (Å²) in [6.07, 6.45) is 1.05. The summed E-state index contributed by atoms with van der Waals surface area (Å²) in [7, 11) is 0. The third-order valence-corrected chi connectivity index (χ3v) is 3.03. The molecule has 0 radical (unpaired) electrons. The summed E-state index contributed by atoms with van der Waals surface area (Å²) >= 11 is 0. The molecule has 0 unspecified atom stereocenters. The highest BCUT2D eigenvalue weighted by Crippen LogP contribution is 2.13. The lowest BCUT2D eigenvalue weighted by molar-refractivity contribution is 0.775. The van der Waals surface area contributed by atoms with Crippen molar-refractivity contribution in [3.8, 4) is 0 Å². The van der Waals surface area contributed by atoms with E-state index in [4.69, 9.17) is 5.73 Å². The lowest BCUT2D eigenvalue weighted by Crippen LogP contribution is -2.31. The van der Waals surface area contributed by atoms with Crippen LogP contribution in [-0.4, -0.2) is 19.6 Å². The molecule has 0 aliphatic carbocycles. The largest absolute Gasteiger partial charge is 0.370 e. The second-order valence-corrected chi connectivity index (χ2v) is 4.35. The van der Waals surface area contributed by atoms with Gasteiger partial charge in [0.15, 0.2) is 0 Å². The predicted octanol–water partition coefficient (Wildman–Crippen LogP) is 2.69. The van der Waals surface area contributed by atoms with Gasteiger partial charge in [-0.3, -0.25) is 0 Å². The van der Waals surface area contributed by atoms with Crippen LogP contribution in [0.4, 0.5) is 5.69 Å². The van der Waals surface area contributed by atoms with Gasteiger partial charge in [-0.1, -0.05) is 48.5 Å². The fourth-order valence-corrected chi connectivity index (χ4v) is 2.07. The molecule has 0 saturated carbocycles. The van der Waals surface area contributed by atoms with E-state index in [1.165, 1.54) is 11.3 Å². The van der Waals surface area contributed by atoms with E-state index in [1.807, 2.05) is 6.07 Å². The first kappa shape index (κ1) is 12.7. The number of anilines is 1. The Morgan fingerprint density at radius 3 is 2.00 bits per heavy atom. The first-order valence-electron chi connectivity index (χ1n) is 6.44. The molecule has 0 aliphatic heterocycles. The highest BCUT2D eigenvalue weighted by Gasteiger charge is 2.04. The van der Waals surface area contributed by atoms with Gasteiger partial charge in [0.25, 0.3) is 0 Å². The molecule has 2 aromatic carbocycles. The van der Waals surface area contributed by atoms with Crippen LogP contribution in [0.15, 0.2) is 60.7 Å². The van der Waals surface area contributed by atoms with Crippen molar-refractivity contribution >= 4 is 5.69 Å². The molecule has 2 N–H and O–H groups in total. The van der Waals surface area contributed by atoms with E-state index >= 15 is 0 Å². The van der Waals surface area contributed by atoms with Crippen molar-refractivity contribution in [3.63, 3.8) is 0 Å². The zero-order valence-corrected chi connectivity index (χ0v) is 10.6. The Kier molecular flexibility index (Phi) is 4.79. The molecule has 0 saturated heterocycles. The van der Waals surface area contributed by atoms with Gasteiger partial charge in [0.2, 0.25) is 0 Å². The molecule has 0 atom stereocenters. The smallest absolute Gasteiger partial charge is 0.0366 e. The number of hydrogen-bond donors (Lipinski definition) is 1. The quantitative estimate of drug-likeness (QED) is 0.841. The van der Waals surface area contributed by atoms with Crippen LogP contribution in [0.25, 0.3) is 0 Å². The number of para-hydroxylation sites is 1. The van der Waals surface area contributed by atoms with E-state index in [-0.39, 0.29) is 0 Å². The topological polar surface area (TPSA) is 29.3 Å². The molecule has 18 heavy (non-hydrogen) atoms. The third-order valence-electron chi connectivity index (χ3n) is 3.03. The Morgan fingerprint density at radius 2 is 1.39 bits per heavy atom. The first-order chi connectivity index (χ1) is 8.90. The van der Waals surface area contributed by atoms with Crippen molar-refractivity contribution in [2.45, 2.75) is 6.42 Å². The van der Waals surface area contributed by atoms with Gasteiger partial charge in [0.1, 0.15) is 0 Å². The van der Waals surface area contributed by atoms with Crippen LogP contribution in [-0.2, 0) is 6.42 Å². The van der Waals surface area contributed by atoms with Crippen molar-refractivity contribution in [2.75, 3.05) is 24.5 Å². The monoisotopic (exact) mass is 240 g/mol. The maximum absolute atomic E-state index is 5.69. The molecule has 0 aromatic heterocycles. The average molecular weight is 240 g/mol. The summed E-state index contributed by atoms with van der Waals surface area (Å²) in [6.45, 7) is 2.59. The highest BCUT2D eigenvalue weighted by molar-refractivity contribution is 5.46. The number of benzene rings is 2. The summed E-state index contributed by atoms with van der Waals surface area (Å²) in [4.78, 5) is 2.34. The minimum absolute atomic E-state index is 0.684. The normalized spacial score (nSPS) is 10.3. The molecule has 94 valence electrons. The molecule has 2 aromatic rings. The van der Waals surface area contributed by atoms with Gasteiger partial charge in [-0.05, 0) is 24.1 Å². The molecule has 0 spiro atoms. The summed E-state index contributed by atoms with van der Waals surface area (Å²) in [5.74, 6) is 0. The fourth-order valence-electron chi connectivity index (χ4n) is 2.07. The molecule has 0 amide bonds. The summed E-state index contributed by atoms with van der Waals surface area (Å²) < 4.78 is 0. The Hall–Kier alpha value is -1.80. The standard InChI is InChI=1S/C16H20N2/c17-12-14-18(16-9-5-2-6-10-16)13-11-15-7-3-1-4-8-15/h1-10H,11-14,17H2. The van der Waals surface area contributed by atoms with Crippen LogP contribution in [0.5, 0.6) is 0 Å². The molecular formula is C16H20N2. The molecule has 0 bridgehead atoms. The molecule has 0 fully saturated rings. The minimum Gasteiger partial charge on any atom is -0.370 e. The Labute approximate surface area is 109 Å². The maximum Gasteiger partial charge on any atom is 0.0366 e. The number of nitrogens with zero attached hydrogens (tertiary/aromatic N) is 1. The van der Waals surface area contributed by atoms with Gasteiger partial charge < -0.3 is 10.6 Å². The second kappa shape index (κ2) is 6.82. The maximum atomic E-state index is 5.69.